The number of hydrogen-bond acceptors (Lipinski definition) is 0. The van der Waals surface area contributed by atoms with Crippen molar-refractivity contribution >= 4 is 13.3 Å². The van der Waals surface area contributed by atoms with Gasteiger partial charge in [-0.25, -0.2) is 0 Å². The van der Waals surface area contributed by atoms with E-state index in [9.17, 15) is 13.2 Å². The van der Waals surface area contributed by atoms with Gasteiger partial charge in [0, 0.05) is 0 Å². The van der Waals surface area contributed by atoms with Crippen LogP contribution < -0.4 is 5.19 Å². The van der Waals surface area contributed by atoms with E-state index in [0.29, 0.717) is 0 Å². The highest BCUT2D eigenvalue weighted by atomic mass is 28.3. The Bertz CT molecular complexity index is 352. The SMILES string of the molecule is CCCC[Si](C)(C)c1ccc(C(F)(F)F)cc1. The average Bonchev–Trinajstić information content (AvgIpc) is 2.25. The van der Waals surface area contributed by atoms with Crippen LogP contribution in [0.1, 0.15) is 25.3 Å². The summed E-state index contributed by atoms with van der Waals surface area (Å²) in [5.74, 6) is 0. The van der Waals surface area contributed by atoms with Crippen LogP contribution in [-0.2, 0) is 6.18 Å². The number of unbranched alkanes of at least 4 members (excludes halogenated alkanes) is 1. The van der Waals surface area contributed by atoms with Gasteiger partial charge in [-0.05, 0) is 0 Å². The normalized spacial score (nSPS) is 12.8. The summed E-state index contributed by atoms with van der Waals surface area (Å²) in [6, 6.07) is 6.86. The molecular weight excluding hydrogens is 241 g/mol. The highest BCUT2D eigenvalue weighted by Gasteiger charge is 2.31. The minimum atomic E-state index is -4.23. The molecule has 4 heteroatoms. The monoisotopic (exact) mass is 260 g/mol. The third-order valence-corrected chi connectivity index (χ3v) is 6.65. The second-order valence-corrected chi connectivity index (χ2v) is 9.91. The third-order valence-electron chi connectivity index (χ3n) is 3.15. The maximum Gasteiger partial charge on any atom is 0.416 e. The second kappa shape index (κ2) is 5.25. The molecule has 0 spiro atoms. The van der Waals surface area contributed by atoms with Crippen LogP contribution in [0.5, 0.6) is 0 Å². The molecule has 0 radical (unpaired) electrons. The van der Waals surface area contributed by atoms with Gasteiger partial charge in [0.1, 0.15) is 0 Å². The van der Waals surface area contributed by atoms with Crippen LogP contribution >= 0.6 is 0 Å². The van der Waals surface area contributed by atoms with Crippen molar-refractivity contribution in [1.29, 1.82) is 0 Å². The first kappa shape index (κ1) is 14.3. The molecule has 0 heterocycles. The maximum atomic E-state index is 12.4. The van der Waals surface area contributed by atoms with E-state index in [-0.39, 0.29) is 0 Å². The van der Waals surface area contributed by atoms with Crippen molar-refractivity contribution in [3.63, 3.8) is 0 Å². The summed E-state index contributed by atoms with van der Waals surface area (Å²) in [6.07, 6.45) is -1.94. The molecule has 0 fully saturated rings. The van der Waals surface area contributed by atoms with Gasteiger partial charge in [0.15, 0.2) is 0 Å². The molecule has 0 aliphatic rings. The lowest BCUT2D eigenvalue weighted by Gasteiger charge is -2.23. The van der Waals surface area contributed by atoms with Gasteiger partial charge in [-0.2, -0.15) is 13.2 Å². The molecule has 0 aliphatic carbocycles. The Morgan fingerprint density at radius 3 is 2.00 bits per heavy atom. The molecule has 0 saturated carbocycles. The van der Waals surface area contributed by atoms with Crippen molar-refractivity contribution in [2.45, 2.75) is 45.1 Å². The standard InChI is InChI=1S/C13H19F3Si/c1-4-5-10-17(2,3)12-8-6-11(7-9-12)13(14,15)16/h6-9H,4-5,10H2,1-3H3. The van der Waals surface area contributed by atoms with Gasteiger partial charge in [-0.15, -0.1) is 0 Å². The van der Waals surface area contributed by atoms with Crippen molar-refractivity contribution in [2.75, 3.05) is 0 Å². The minimum absolute atomic E-state index is 0.554. The highest BCUT2D eigenvalue weighted by Crippen LogP contribution is 2.28. The fourth-order valence-electron chi connectivity index (χ4n) is 1.87. The Kier molecular flexibility index (Phi) is 4.41. The number of rotatable bonds is 4. The molecule has 96 valence electrons. The van der Waals surface area contributed by atoms with Crippen LogP contribution in [0.25, 0.3) is 0 Å². The highest BCUT2D eigenvalue weighted by molar-refractivity contribution is 6.89. The lowest BCUT2D eigenvalue weighted by molar-refractivity contribution is -0.137. The van der Waals surface area contributed by atoms with E-state index in [1.165, 1.54) is 12.1 Å². The van der Waals surface area contributed by atoms with E-state index in [1.54, 1.807) is 12.1 Å². The minimum Gasteiger partial charge on any atom is -0.166 e. The summed E-state index contributed by atoms with van der Waals surface area (Å²) in [5, 5.41) is 1.11. The third kappa shape index (κ3) is 3.87. The topological polar surface area (TPSA) is 0 Å². The summed E-state index contributed by atoms with van der Waals surface area (Å²) in [4.78, 5) is 0. The molecular formula is C13H19F3Si. The van der Waals surface area contributed by atoms with Crippen molar-refractivity contribution in [3.8, 4) is 0 Å². The molecule has 0 aromatic heterocycles. The zero-order chi connectivity index (χ0) is 13.1. The van der Waals surface area contributed by atoms with Gasteiger partial charge in [0.05, 0.1) is 13.6 Å². The van der Waals surface area contributed by atoms with Crippen LogP contribution in [0.2, 0.25) is 19.1 Å². The van der Waals surface area contributed by atoms with Crippen LogP contribution in [0.4, 0.5) is 13.2 Å². The number of hydrogen-bond donors (Lipinski definition) is 0. The van der Waals surface area contributed by atoms with E-state index >= 15 is 0 Å². The zero-order valence-corrected chi connectivity index (χ0v) is 11.6. The summed E-state index contributed by atoms with van der Waals surface area (Å²) >= 11 is 0. The van der Waals surface area contributed by atoms with E-state index in [0.717, 1.165) is 24.1 Å². The Hall–Kier alpha value is -0.773. The average molecular weight is 260 g/mol. The summed E-state index contributed by atoms with van der Waals surface area (Å²) in [6.45, 7) is 6.56. The molecule has 0 saturated heterocycles. The molecule has 0 bridgehead atoms. The molecule has 0 N–H and O–H groups in total. The zero-order valence-electron chi connectivity index (χ0n) is 10.6. The van der Waals surface area contributed by atoms with Gasteiger partial charge in [0.25, 0.3) is 0 Å². The van der Waals surface area contributed by atoms with Crippen LogP contribution in [-0.4, -0.2) is 8.07 Å². The van der Waals surface area contributed by atoms with Crippen molar-refractivity contribution < 1.29 is 13.2 Å². The van der Waals surface area contributed by atoms with Crippen LogP contribution in [0.15, 0.2) is 24.3 Å². The molecule has 1 rings (SSSR count). The van der Waals surface area contributed by atoms with Gasteiger partial charge in [-0.3, -0.25) is 0 Å². The molecule has 0 amide bonds. The molecule has 0 atom stereocenters. The lowest BCUT2D eigenvalue weighted by Crippen LogP contribution is -2.41. The van der Waals surface area contributed by atoms with Gasteiger partial charge in [-0.1, -0.05) is 68.4 Å². The predicted molar refractivity (Wildman–Crippen MR) is 68.3 cm³/mol. The van der Waals surface area contributed by atoms with Gasteiger partial charge in [0.2, 0.25) is 0 Å². The largest absolute Gasteiger partial charge is 0.416 e. The number of halogens is 3. The van der Waals surface area contributed by atoms with Gasteiger partial charge >= 0.3 is 6.18 Å². The fraction of sp³-hybridized carbons (Fsp3) is 0.538. The van der Waals surface area contributed by atoms with Crippen molar-refractivity contribution in [3.05, 3.63) is 29.8 Å². The first-order chi connectivity index (χ1) is 7.77. The number of alkyl halides is 3. The van der Waals surface area contributed by atoms with E-state index in [4.69, 9.17) is 0 Å². The quantitative estimate of drug-likeness (QED) is 0.703. The molecule has 1 aromatic rings. The molecule has 1 aromatic carbocycles. The predicted octanol–water partition coefficient (Wildman–Crippen LogP) is 4.42. The number of benzene rings is 1. The first-order valence-corrected chi connectivity index (χ1v) is 9.16. The smallest absolute Gasteiger partial charge is 0.166 e. The van der Waals surface area contributed by atoms with E-state index in [2.05, 4.69) is 20.0 Å². The Morgan fingerprint density at radius 1 is 1.06 bits per heavy atom. The van der Waals surface area contributed by atoms with Gasteiger partial charge < -0.3 is 0 Å². The van der Waals surface area contributed by atoms with Crippen molar-refractivity contribution in [1.82, 2.24) is 0 Å². The fourth-order valence-corrected chi connectivity index (χ4v) is 4.47. The summed E-state index contributed by atoms with van der Waals surface area (Å²) in [7, 11) is -1.55. The molecule has 0 aliphatic heterocycles. The Balaban J connectivity index is 2.87. The molecule has 0 unspecified atom stereocenters. The molecule has 0 nitrogen and oxygen atoms in total. The molecule has 17 heavy (non-hydrogen) atoms. The maximum absolute atomic E-state index is 12.4. The Morgan fingerprint density at radius 2 is 1.59 bits per heavy atom. The lowest BCUT2D eigenvalue weighted by atomic mass is 10.2. The second-order valence-electron chi connectivity index (χ2n) is 5.06. The van der Waals surface area contributed by atoms with E-state index in [1.807, 2.05) is 0 Å². The van der Waals surface area contributed by atoms with Crippen molar-refractivity contribution in [2.24, 2.45) is 0 Å². The first-order valence-electron chi connectivity index (χ1n) is 5.95. The van der Waals surface area contributed by atoms with E-state index < -0.39 is 19.8 Å². The summed E-state index contributed by atoms with van der Waals surface area (Å²) in [5.41, 5.74) is -0.554. The van der Waals surface area contributed by atoms with Crippen LogP contribution in [0, 0.1) is 0 Å². The summed E-state index contributed by atoms with van der Waals surface area (Å²) < 4.78 is 37.3. The Labute approximate surface area is 102 Å². The van der Waals surface area contributed by atoms with Crippen LogP contribution in [0.3, 0.4) is 0 Å².